The molecule has 26 heavy (non-hydrogen) atoms. The van der Waals surface area contributed by atoms with Crippen LogP contribution in [-0.4, -0.2) is 22.7 Å². The second kappa shape index (κ2) is 6.68. The van der Waals surface area contributed by atoms with Crippen molar-refractivity contribution in [3.05, 3.63) is 82.2 Å². The summed E-state index contributed by atoms with van der Waals surface area (Å²) in [4.78, 5) is 23.7. The number of nitrogens with zero attached hydrogens (tertiary/aromatic N) is 1. The van der Waals surface area contributed by atoms with Crippen molar-refractivity contribution in [2.45, 2.75) is 0 Å². The van der Waals surface area contributed by atoms with Crippen molar-refractivity contribution < 1.29 is 9.53 Å². The summed E-state index contributed by atoms with van der Waals surface area (Å²) in [7, 11) is 0. The zero-order chi connectivity index (χ0) is 17.9. The van der Waals surface area contributed by atoms with Gasteiger partial charge in [-0.05, 0) is 30.3 Å². The molecule has 0 atom stereocenters. The van der Waals surface area contributed by atoms with E-state index in [0.717, 1.165) is 16.9 Å². The summed E-state index contributed by atoms with van der Waals surface area (Å²) in [5, 5.41) is 9.28. The van der Waals surface area contributed by atoms with Gasteiger partial charge in [-0.25, -0.2) is 5.10 Å². The Hall–Kier alpha value is -3.67. The minimum atomic E-state index is -0.261. The van der Waals surface area contributed by atoms with E-state index in [1.54, 1.807) is 18.2 Å². The Bertz CT molecular complexity index is 1050. The molecule has 2 heterocycles. The number of aromatic nitrogens is 2. The van der Waals surface area contributed by atoms with Crippen LogP contribution in [-0.2, 0) is 4.79 Å². The number of rotatable bonds is 3. The first kappa shape index (κ1) is 15.8. The molecule has 0 fully saturated rings. The monoisotopic (exact) mass is 345 g/mol. The number of benzene rings is 2. The van der Waals surface area contributed by atoms with Crippen LogP contribution in [0.2, 0.25) is 0 Å². The average molecular weight is 345 g/mol. The van der Waals surface area contributed by atoms with E-state index in [4.69, 9.17) is 4.74 Å². The number of hydrogen-bond donors (Lipinski definition) is 2. The number of hydrogen-bond acceptors (Lipinski definition) is 4. The number of nitrogens with one attached hydrogen (secondary N) is 2. The van der Waals surface area contributed by atoms with E-state index in [9.17, 15) is 9.59 Å². The molecule has 1 aliphatic heterocycles. The second-order valence-corrected chi connectivity index (χ2v) is 5.84. The fourth-order valence-corrected chi connectivity index (χ4v) is 2.72. The van der Waals surface area contributed by atoms with E-state index in [-0.39, 0.29) is 18.1 Å². The molecule has 1 aromatic heterocycles. The van der Waals surface area contributed by atoms with E-state index in [0.29, 0.717) is 17.0 Å². The molecular formula is C20H15N3O3. The number of ether oxygens (including phenoxy) is 1. The van der Waals surface area contributed by atoms with Gasteiger partial charge in [0, 0.05) is 22.9 Å². The van der Waals surface area contributed by atoms with Crippen molar-refractivity contribution in [1.82, 2.24) is 10.2 Å². The molecule has 0 aliphatic carbocycles. The maximum absolute atomic E-state index is 12.5. The number of H-pyrrole nitrogens is 1. The van der Waals surface area contributed by atoms with E-state index in [1.807, 2.05) is 42.5 Å². The van der Waals surface area contributed by atoms with Crippen LogP contribution in [0, 0.1) is 0 Å². The molecule has 0 saturated carbocycles. The van der Waals surface area contributed by atoms with Crippen LogP contribution in [0.3, 0.4) is 0 Å². The summed E-state index contributed by atoms with van der Waals surface area (Å²) in [6.07, 6.45) is 1.83. The van der Waals surface area contributed by atoms with Crippen LogP contribution in [0.25, 0.3) is 17.3 Å². The van der Waals surface area contributed by atoms with Crippen molar-refractivity contribution >= 4 is 17.7 Å². The molecule has 0 spiro atoms. The first-order valence-electron chi connectivity index (χ1n) is 8.09. The number of fused-ring (bicyclic) bond motifs is 1. The first-order chi connectivity index (χ1) is 12.7. The van der Waals surface area contributed by atoms with Crippen LogP contribution in [0.1, 0.15) is 5.56 Å². The Labute approximate surface area is 149 Å². The van der Waals surface area contributed by atoms with Crippen molar-refractivity contribution in [2.75, 3.05) is 11.9 Å². The van der Waals surface area contributed by atoms with Crippen molar-refractivity contribution in [2.24, 2.45) is 0 Å². The summed E-state index contributed by atoms with van der Waals surface area (Å²) in [5.41, 5.74) is 3.22. The van der Waals surface area contributed by atoms with Crippen LogP contribution in [0.4, 0.5) is 5.69 Å². The largest absolute Gasteiger partial charge is 0.488 e. The lowest BCUT2D eigenvalue weighted by Crippen LogP contribution is -2.21. The molecule has 0 radical (unpaired) electrons. The summed E-state index contributed by atoms with van der Waals surface area (Å²) in [6, 6.07) is 17.9. The molecule has 128 valence electrons. The van der Waals surface area contributed by atoms with E-state index in [1.165, 1.54) is 6.07 Å². The van der Waals surface area contributed by atoms with Crippen LogP contribution in [0.5, 0.6) is 5.75 Å². The third-order valence-corrected chi connectivity index (χ3v) is 4.02. The fourth-order valence-electron chi connectivity index (χ4n) is 2.72. The standard InChI is InChI=1S/C20H15N3O3/c24-19-9-8-17(22-23-19)13-5-3-6-16(11-13)21-20(25)15-10-14-4-1-2-7-18(14)26-12-15/h1-11H,12H2,(H,21,25)(H,23,24). The zero-order valence-electron chi connectivity index (χ0n) is 13.7. The van der Waals surface area contributed by atoms with Crippen molar-refractivity contribution in [3.63, 3.8) is 0 Å². The molecule has 2 N–H and O–H groups in total. The Morgan fingerprint density at radius 2 is 1.96 bits per heavy atom. The van der Waals surface area contributed by atoms with Crippen LogP contribution >= 0.6 is 0 Å². The highest BCUT2D eigenvalue weighted by Crippen LogP contribution is 2.26. The minimum Gasteiger partial charge on any atom is -0.488 e. The van der Waals surface area contributed by atoms with Gasteiger partial charge in [0.1, 0.15) is 12.4 Å². The van der Waals surface area contributed by atoms with Gasteiger partial charge < -0.3 is 10.1 Å². The topological polar surface area (TPSA) is 84.1 Å². The van der Waals surface area contributed by atoms with Gasteiger partial charge in [0.25, 0.3) is 11.5 Å². The Morgan fingerprint density at radius 3 is 2.81 bits per heavy atom. The Kier molecular flexibility index (Phi) is 4.07. The van der Waals surface area contributed by atoms with E-state index in [2.05, 4.69) is 15.5 Å². The maximum Gasteiger partial charge on any atom is 0.264 e. The Balaban J connectivity index is 1.55. The van der Waals surface area contributed by atoms with Crippen LogP contribution in [0.15, 0.2) is 71.0 Å². The molecule has 1 aliphatic rings. The third-order valence-electron chi connectivity index (χ3n) is 4.02. The van der Waals surface area contributed by atoms with Gasteiger partial charge in [-0.2, -0.15) is 5.10 Å². The lowest BCUT2D eigenvalue weighted by Gasteiger charge is -2.17. The smallest absolute Gasteiger partial charge is 0.264 e. The molecular weight excluding hydrogens is 330 g/mol. The SMILES string of the molecule is O=C(Nc1cccc(-c2ccc(=O)[nH]n2)c1)C1=Cc2ccccc2OC1. The van der Waals surface area contributed by atoms with Gasteiger partial charge in [0.05, 0.1) is 11.3 Å². The highest BCUT2D eigenvalue weighted by molar-refractivity contribution is 6.07. The number of para-hydroxylation sites is 1. The highest BCUT2D eigenvalue weighted by atomic mass is 16.5. The lowest BCUT2D eigenvalue weighted by atomic mass is 10.1. The first-order valence-corrected chi connectivity index (χ1v) is 8.09. The summed E-state index contributed by atoms with van der Waals surface area (Å²) in [6.45, 7) is 0.226. The number of carbonyl (C=O) groups excluding carboxylic acids is 1. The molecule has 3 aromatic rings. The summed E-state index contributed by atoms with van der Waals surface area (Å²) in [5.74, 6) is 0.557. The molecule has 1 amide bonds. The highest BCUT2D eigenvalue weighted by Gasteiger charge is 2.17. The Morgan fingerprint density at radius 1 is 1.08 bits per heavy atom. The third kappa shape index (κ3) is 3.25. The lowest BCUT2D eigenvalue weighted by molar-refractivity contribution is -0.113. The second-order valence-electron chi connectivity index (χ2n) is 5.84. The van der Waals surface area contributed by atoms with Gasteiger partial charge >= 0.3 is 0 Å². The number of amides is 1. The normalized spacial score (nSPS) is 12.5. The van der Waals surface area contributed by atoms with Gasteiger partial charge in [0.2, 0.25) is 0 Å². The van der Waals surface area contributed by atoms with Gasteiger partial charge in [-0.3, -0.25) is 9.59 Å². The summed E-state index contributed by atoms with van der Waals surface area (Å²) < 4.78 is 5.63. The van der Waals surface area contributed by atoms with E-state index < -0.39 is 0 Å². The maximum atomic E-state index is 12.5. The molecule has 6 nitrogen and oxygen atoms in total. The van der Waals surface area contributed by atoms with Gasteiger partial charge in [0.15, 0.2) is 0 Å². The molecule has 4 rings (SSSR count). The molecule has 2 aromatic carbocycles. The van der Waals surface area contributed by atoms with Crippen molar-refractivity contribution in [1.29, 1.82) is 0 Å². The van der Waals surface area contributed by atoms with Gasteiger partial charge in [-0.1, -0.05) is 30.3 Å². The molecule has 0 bridgehead atoms. The van der Waals surface area contributed by atoms with Crippen molar-refractivity contribution in [3.8, 4) is 17.0 Å². The quantitative estimate of drug-likeness (QED) is 0.764. The molecule has 6 heteroatoms. The molecule has 0 saturated heterocycles. The minimum absolute atomic E-state index is 0.217. The average Bonchev–Trinajstić information content (AvgIpc) is 2.68. The number of aromatic amines is 1. The van der Waals surface area contributed by atoms with Gasteiger partial charge in [-0.15, -0.1) is 0 Å². The predicted molar refractivity (Wildman–Crippen MR) is 98.8 cm³/mol. The summed E-state index contributed by atoms with van der Waals surface area (Å²) >= 11 is 0. The number of carbonyl (C=O) groups is 1. The van der Waals surface area contributed by atoms with E-state index >= 15 is 0 Å². The zero-order valence-corrected chi connectivity index (χ0v) is 13.7. The van der Waals surface area contributed by atoms with Crippen LogP contribution < -0.4 is 15.6 Å². The number of anilines is 1. The fraction of sp³-hybridized carbons (Fsp3) is 0.0500. The molecule has 0 unspecified atom stereocenters. The predicted octanol–water partition coefficient (Wildman–Crippen LogP) is 2.85.